The fraction of sp³-hybridized carbons (Fsp3) is 0.520. The molecule has 0 saturated heterocycles. The van der Waals surface area contributed by atoms with Crippen molar-refractivity contribution >= 4 is 35.4 Å². The first-order valence-electron chi connectivity index (χ1n) is 11.4. The molecule has 0 bridgehead atoms. The van der Waals surface area contributed by atoms with Gasteiger partial charge in [0.05, 0.1) is 28.9 Å². The maximum absolute atomic E-state index is 6.06. The molecule has 0 aromatic heterocycles. The lowest BCUT2D eigenvalue weighted by molar-refractivity contribution is 0.238. The largest absolute Gasteiger partial charge is 0.295 e. The van der Waals surface area contributed by atoms with Gasteiger partial charge in [-0.15, -0.1) is 0 Å². The summed E-state index contributed by atoms with van der Waals surface area (Å²) in [6, 6.07) is 14.8. The van der Waals surface area contributed by atoms with Crippen molar-refractivity contribution in [1.29, 1.82) is 0 Å². The zero-order chi connectivity index (χ0) is 21.7. The molecule has 1 saturated carbocycles. The summed E-state index contributed by atoms with van der Waals surface area (Å²) in [6.45, 7) is 1.41. The lowest BCUT2D eigenvalue weighted by Gasteiger charge is -2.45. The van der Waals surface area contributed by atoms with E-state index in [1.807, 2.05) is 23.6 Å². The van der Waals surface area contributed by atoms with Gasteiger partial charge in [-0.3, -0.25) is 4.18 Å². The van der Waals surface area contributed by atoms with Gasteiger partial charge in [-0.25, -0.2) is 5.43 Å². The van der Waals surface area contributed by atoms with E-state index in [1.54, 1.807) is 17.2 Å². The molecule has 1 unspecified atom stereocenters. The Bertz CT molecular complexity index is 872. The van der Waals surface area contributed by atoms with E-state index >= 15 is 0 Å². The Morgan fingerprint density at radius 2 is 1.87 bits per heavy atom. The Labute approximate surface area is 201 Å². The van der Waals surface area contributed by atoms with Gasteiger partial charge in [-0.2, -0.15) is 4.41 Å². The summed E-state index contributed by atoms with van der Waals surface area (Å²) in [7, 11) is 1.99. The lowest BCUT2D eigenvalue weighted by atomic mass is 9.60. The lowest BCUT2D eigenvalue weighted by Crippen LogP contribution is -2.36. The van der Waals surface area contributed by atoms with Crippen molar-refractivity contribution in [1.82, 2.24) is 9.84 Å². The average Bonchev–Trinajstić information content (AvgIpc) is 2.79. The van der Waals surface area contributed by atoms with E-state index in [4.69, 9.17) is 27.4 Å². The van der Waals surface area contributed by atoms with E-state index < -0.39 is 0 Å². The highest BCUT2D eigenvalue weighted by atomic mass is 35.5. The van der Waals surface area contributed by atoms with Gasteiger partial charge in [0.2, 0.25) is 0 Å². The quantitative estimate of drug-likeness (QED) is 0.238. The molecule has 168 valence electrons. The molecule has 0 radical (unpaired) electrons. The van der Waals surface area contributed by atoms with Crippen LogP contribution in [-0.4, -0.2) is 18.0 Å². The molecule has 2 aromatic rings. The fourth-order valence-electron chi connectivity index (χ4n) is 5.35. The minimum absolute atomic E-state index is 0.462. The molecule has 0 heterocycles. The zero-order valence-electron chi connectivity index (χ0n) is 18.2. The molecule has 2 aliphatic carbocycles. The van der Waals surface area contributed by atoms with Crippen LogP contribution in [0.4, 0.5) is 0 Å². The second kappa shape index (κ2) is 10.9. The van der Waals surface area contributed by atoms with Crippen LogP contribution in [0.3, 0.4) is 0 Å². The topological polar surface area (TPSA) is 24.5 Å². The second-order valence-electron chi connectivity index (χ2n) is 8.94. The molecule has 1 fully saturated rings. The highest BCUT2D eigenvalue weighted by molar-refractivity contribution is 7.92. The van der Waals surface area contributed by atoms with Crippen molar-refractivity contribution < 1.29 is 4.18 Å². The van der Waals surface area contributed by atoms with Crippen LogP contribution in [-0.2, 0) is 16.2 Å². The SMILES string of the molecule is CN(NCCC1CCC2(CCCCC2)c2ccccc21)SOCc1ccc(Cl)c(Cl)c1. The number of hydrogen-bond donors (Lipinski definition) is 1. The molecular formula is C25H32Cl2N2OS. The maximum atomic E-state index is 6.06. The minimum Gasteiger partial charge on any atom is -0.295 e. The Hall–Kier alpha value is -0.750. The van der Waals surface area contributed by atoms with Crippen LogP contribution >= 0.6 is 35.4 Å². The average molecular weight is 480 g/mol. The van der Waals surface area contributed by atoms with Crippen molar-refractivity contribution in [3.8, 4) is 0 Å². The van der Waals surface area contributed by atoms with Crippen LogP contribution in [0, 0.1) is 0 Å². The van der Waals surface area contributed by atoms with E-state index in [2.05, 4.69) is 29.7 Å². The summed E-state index contributed by atoms with van der Waals surface area (Å²) in [5.41, 5.74) is 8.18. The van der Waals surface area contributed by atoms with E-state index in [1.165, 1.54) is 57.2 Å². The zero-order valence-corrected chi connectivity index (χ0v) is 20.5. The van der Waals surface area contributed by atoms with Crippen molar-refractivity contribution in [2.75, 3.05) is 13.6 Å². The highest BCUT2D eigenvalue weighted by Gasteiger charge is 2.39. The molecule has 2 aromatic carbocycles. The highest BCUT2D eigenvalue weighted by Crippen LogP contribution is 2.51. The number of nitrogens with one attached hydrogen (secondary N) is 1. The molecule has 3 nitrogen and oxygen atoms in total. The minimum atomic E-state index is 0.462. The summed E-state index contributed by atoms with van der Waals surface area (Å²) >= 11 is 13.3. The van der Waals surface area contributed by atoms with Gasteiger partial charge in [0.1, 0.15) is 0 Å². The second-order valence-corrected chi connectivity index (χ2v) is 10.7. The number of hydrogen-bond acceptors (Lipinski definition) is 4. The third kappa shape index (κ3) is 5.79. The third-order valence-corrected chi connectivity index (χ3v) is 8.27. The van der Waals surface area contributed by atoms with Crippen molar-refractivity contribution in [3.63, 3.8) is 0 Å². The van der Waals surface area contributed by atoms with Gasteiger partial charge in [0, 0.05) is 13.6 Å². The number of rotatable bonds is 8. The van der Waals surface area contributed by atoms with Crippen LogP contribution in [0.5, 0.6) is 0 Å². The van der Waals surface area contributed by atoms with E-state index in [0.717, 1.165) is 18.5 Å². The number of hydrazine groups is 1. The van der Waals surface area contributed by atoms with Crippen LogP contribution in [0.1, 0.15) is 74.0 Å². The van der Waals surface area contributed by atoms with Crippen LogP contribution in [0.25, 0.3) is 0 Å². The van der Waals surface area contributed by atoms with E-state index in [-0.39, 0.29) is 0 Å². The third-order valence-electron chi connectivity index (χ3n) is 6.96. The van der Waals surface area contributed by atoms with Crippen LogP contribution in [0.15, 0.2) is 42.5 Å². The molecule has 2 aliphatic rings. The van der Waals surface area contributed by atoms with Gasteiger partial charge in [-0.05, 0) is 72.3 Å². The standard InChI is InChI=1S/C25H32Cl2N2OS/c1-29(31-30-18-19-9-10-23(26)24(27)17-19)28-16-12-20-11-15-25(13-5-2-6-14-25)22-8-4-3-7-21(20)22/h3-4,7-10,17,20,28H,2,5-6,11-16,18H2,1H3. The van der Waals surface area contributed by atoms with Crippen molar-refractivity contribution in [2.24, 2.45) is 0 Å². The van der Waals surface area contributed by atoms with Crippen molar-refractivity contribution in [2.45, 2.75) is 69.3 Å². The Morgan fingerprint density at radius 1 is 1.06 bits per heavy atom. The van der Waals surface area contributed by atoms with Crippen LogP contribution in [0.2, 0.25) is 10.0 Å². The normalized spacial score (nSPS) is 20.2. The predicted octanol–water partition coefficient (Wildman–Crippen LogP) is 7.68. The summed E-state index contributed by atoms with van der Waals surface area (Å²) in [5, 5.41) is 1.12. The van der Waals surface area contributed by atoms with Gasteiger partial charge >= 0.3 is 0 Å². The first kappa shape index (κ1) is 23.4. The molecule has 1 N–H and O–H groups in total. The van der Waals surface area contributed by atoms with Gasteiger partial charge in [0.15, 0.2) is 0 Å². The Balaban J connectivity index is 1.24. The number of fused-ring (bicyclic) bond motifs is 2. The number of nitrogens with zero attached hydrogens (tertiary/aromatic N) is 1. The van der Waals surface area contributed by atoms with E-state index in [9.17, 15) is 0 Å². The predicted molar refractivity (Wildman–Crippen MR) is 132 cm³/mol. The summed E-state index contributed by atoms with van der Waals surface area (Å²) in [4.78, 5) is 0. The first-order chi connectivity index (χ1) is 15.1. The molecular weight excluding hydrogens is 447 g/mol. The number of benzene rings is 2. The molecule has 0 amide bonds. The first-order valence-corrected chi connectivity index (χ1v) is 12.8. The summed E-state index contributed by atoms with van der Waals surface area (Å²) < 4.78 is 7.67. The van der Waals surface area contributed by atoms with E-state index in [0.29, 0.717) is 28.0 Å². The molecule has 0 aliphatic heterocycles. The fourth-order valence-corrected chi connectivity index (χ4v) is 6.16. The van der Waals surface area contributed by atoms with Gasteiger partial charge < -0.3 is 0 Å². The molecule has 6 heteroatoms. The monoisotopic (exact) mass is 478 g/mol. The molecule has 31 heavy (non-hydrogen) atoms. The Morgan fingerprint density at radius 3 is 2.68 bits per heavy atom. The molecule has 1 spiro atoms. The van der Waals surface area contributed by atoms with Gasteiger partial charge in [0.25, 0.3) is 0 Å². The van der Waals surface area contributed by atoms with Crippen LogP contribution < -0.4 is 5.43 Å². The Kier molecular flexibility index (Phi) is 8.24. The smallest absolute Gasteiger partial charge is 0.0974 e. The summed E-state index contributed by atoms with van der Waals surface area (Å²) in [6.07, 6.45) is 10.8. The molecule has 4 rings (SSSR count). The van der Waals surface area contributed by atoms with Crippen molar-refractivity contribution in [3.05, 3.63) is 69.2 Å². The van der Waals surface area contributed by atoms with Gasteiger partial charge in [-0.1, -0.05) is 72.8 Å². The maximum Gasteiger partial charge on any atom is 0.0974 e. The number of halogens is 2. The summed E-state index contributed by atoms with van der Waals surface area (Å²) in [5.74, 6) is 0.645. The molecule has 1 atom stereocenters.